The summed E-state index contributed by atoms with van der Waals surface area (Å²) in [4.78, 5) is 8.00. The molecule has 0 radical (unpaired) electrons. The highest BCUT2D eigenvalue weighted by atomic mass is 16.1. The summed E-state index contributed by atoms with van der Waals surface area (Å²) in [6.45, 7) is 2.00. The minimum Gasteiger partial charge on any atom is -0.307 e. The van der Waals surface area contributed by atoms with Crippen molar-refractivity contribution in [1.29, 1.82) is 5.26 Å². The van der Waals surface area contributed by atoms with Crippen molar-refractivity contribution >= 4 is 17.6 Å². The lowest BCUT2D eigenvalue weighted by atomic mass is 10.1. The molecule has 0 aromatic heterocycles. The Balaban J connectivity index is 0.000000461. The SMILES string of the molecule is C=O.N#Cc1cccc2ccccc12. The van der Waals surface area contributed by atoms with Gasteiger partial charge in [0.2, 0.25) is 0 Å². The molecule has 0 N–H and O–H groups in total. The lowest BCUT2D eigenvalue weighted by Crippen LogP contribution is -1.77. The van der Waals surface area contributed by atoms with Crippen molar-refractivity contribution in [2.75, 3.05) is 0 Å². The van der Waals surface area contributed by atoms with Crippen molar-refractivity contribution in [2.45, 2.75) is 0 Å². The Morgan fingerprint density at radius 1 is 1.00 bits per heavy atom. The Labute approximate surface area is 82.4 Å². The number of hydrogen-bond acceptors (Lipinski definition) is 2. The quantitative estimate of drug-likeness (QED) is 0.629. The Morgan fingerprint density at radius 2 is 1.64 bits per heavy atom. The molecule has 14 heavy (non-hydrogen) atoms. The van der Waals surface area contributed by atoms with Crippen LogP contribution in [-0.2, 0) is 4.79 Å². The van der Waals surface area contributed by atoms with Crippen molar-refractivity contribution in [1.82, 2.24) is 0 Å². The molecule has 0 aliphatic carbocycles. The van der Waals surface area contributed by atoms with Crippen LogP contribution in [0.5, 0.6) is 0 Å². The molecule has 68 valence electrons. The minimum absolute atomic E-state index is 0.744. The van der Waals surface area contributed by atoms with Gasteiger partial charge in [0.1, 0.15) is 6.79 Å². The summed E-state index contributed by atoms with van der Waals surface area (Å²) >= 11 is 0. The predicted octanol–water partition coefficient (Wildman–Crippen LogP) is 2.53. The lowest BCUT2D eigenvalue weighted by Gasteiger charge is -1.97. The number of rotatable bonds is 0. The van der Waals surface area contributed by atoms with Gasteiger partial charge in [-0.3, -0.25) is 0 Å². The predicted molar refractivity (Wildman–Crippen MR) is 55.8 cm³/mol. The van der Waals surface area contributed by atoms with E-state index in [0.717, 1.165) is 16.3 Å². The number of hydrogen-bond donors (Lipinski definition) is 0. The van der Waals surface area contributed by atoms with E-state index >= 15 is 0 Å². The molecule has 0 saturated carbocycles. The highest BCUT2D eigenvalue weighted by molar-refractivity contribution is 5.87. The molecular formula is C12H9NO. The molecule has 2 rings (SSSR count). The normalized spacial score (nSPS) is 8.50. The van der Waals surface area contributed by atoms with E-state index in [4.69, 9.17) is 10.1 Å². The monoisotopic (exact) mass is 183 g/mol. The Morgan fingerprint density at radius 3 is 2.36 bits per heavy atom. The van der Waals surface area contributed by atoms with Gasteiger partial charge in [0.25, 0.3) is 0 Å². The van der Waals surface area contributed by atoms with Crippen LogP contribution in [0, 0.1) is 11.3 Å². The second-order valence-corrected chi connectivity index (χ2v) is 2.64. The van der Waals surface area contributed by atoms with Gasteiger partial charge in [-0.2, -0.15) is 5.26 Å². The Hall–Kier alpha value is -2.14. The third-order valence-corrected chi connectivity index (χ3v) is 1.91. The average Bonchev–Trinajstić information content (AvgIpc) is 2.31. The van der Waals surface area contributed by atoms with Crippen LogP contribution in [0.4, 0.5) is 0 Å². The van der Waals surface area contributed by atoms with E-state index in [0.29, 0.717) is 0 Å². The van der Waals surface area contributed by atoms with E-state index in [9.17, 15) is 0 Å². The third kappa shape index (κ3) is 1.78. The minimum atomic E-state index is 0.744. The molecule has 2 heteroatoms. The molecule has 0 spiro atoms. The summed E-state index contributed by atoms with van der Waals surface area (Å²) in [6.07, 6.45) is 0. The van der Waals surface area contributed by atoms with E-state index in [-0.39, 0.29) is 0 Å². The maximum Gasteiger partial charge on any atom is 0.106 e. The van der Waals surface area contributed by atoms with E-state index in [1.54, 1.807) is 0 Å². The first-order valence-corrected chi connectivity index (χ1v) is 4.08. The first kappa shape index (κ1) is 9.94. The van der Waals surface area contributed by atoms with E-state index in [1.165, 1.54) is 0 Å². The second-order valence-electron chi connectivity index (χ2n) is 2.64. The summed E-state index contributed by atoms with van der Waals surface area (Å²) in [7, 11) is 0. The number of fused-ring (bicyclic) bond motifs is 1. The largest absolute Gasteiger partial charge is 0.307 e. The van der Waals surface area contributed by atoms with Crippen molar-refractivity contribution in [3.63, 3.8) is 0 Å². The fraction of sp³-hybridized carbons (Fsp3) is 0. The molecular weight excluding hydrogens is 174 g/mol. The molecule has 2 aromatic carbocycles. The number of carbonyl (C=O) groups is 1. The molecule has 0 heterocycles. The van der Waals surface area contributed by atoms with Gasteiger partial charge in [0, 0.05) is 0 Å². The van der Waals surface area contributed by atoms with Gasteiger partial charge in [-0.05, 0) is 16.8 Å². The summed E-state index contributed by atoms with van der Waals surface area (Å²) in [5.74, 6) is 0. The molecule has 0 fully saturated rings. The van der Waals surface area contributed by atoms with Crippen molar-refractivity contribution in [2.24, 2.45) is 0 Å². The molecule has 0 atom stereocenters. The first-order valence-electron chi connectivity index (χ1n) is 4.08. The molecule has 0 bridgehead atoms. The molecule has 2 nitrogen and oxygen atoms in total. The Bertz CT molecular complexity index is 466. The van der Waals surface area contributed by atoms with Crippen LogP contribution in [0.15, 0.2) is 42.5 Å². The van der Waals surface area contributed by atoms with Crippen LogP contribution in [-0.4, -0.2) is 6.79 Å². The zero-order chi connectivity index (χ0) is 10.4. The van der Waals surface area contributed by atoms with Gasteiger partial charge in [-0.1, -0.05) is 36.4 Å². The smallest absolute Gasteiger partial charge is 0.106 e. The highest BCUT2D eigenvalue weighted by Crippen LogP contribution is 2.16. The lowest BCUT2D eigenvalue weighted by molar-refractivity contribution is -0.0979. The topological polar surface area (TPSA) is 40.9 Å². The van der Waals surface area contributed by atoms with E-state index < -0.39 is 0 Å². The van der Waals surface area contributed by atoms with Crippen LogP contribution in [0.3, 0.4) is 0 Å². The van der Waals surface area contributed by atoms with Gasteiger partial charge in [-0.15, -0.1) is 0 Å². The first-order chi connectivity index (χ1) is 6.92. The summed E-state index contributed by atoms with van der Waals surface area (Å²) in [6, 6.07) is 15.8. The highest BCUT2D eigenvalue weighted by Gasteiger charge is 1.96. The standard InChI is InChI=1S/C11H7N.CH2O/c12-8-10-6-3-5-9-4-1-2-7-11(9)10;1-2/h1-7H;1H2. The van der Waals surface area contributed by atoms with Gasteiger partial charge >= 0.3 is 0 Å². The van der Waals surface area contributed by atoms with Gasteiger partial charge < -0.3 is 4.79 Å². The van der Waals surface area contributed by atoms with Crippen LogP contribution >= 0.6 is 0 Å². The van der Waals surface area contributed by atoms with Crippen molar-refractivity contribution < 1.29 is 4.79 Å². The molecule has 2 aromatic rings. The second kappa shape index (κ2) is 4.78. The van der Waals surface area contributed by atoms with Crippen LogP contribution in [0.1, 0.15) is 5.56 Å². The van der Waals surface area contributed by atoms with Crippen LogP contribution < -0.4 is 0 Å². The number of nitrogens with zero attached hydrogens (tertiary/aromatic N) is 1. The van der Waals surface area contributed by atoms with E-state index in [2.05, 4.69) is 6.07 Å². The summed E-state index contributed by atoms with van der Waals surface area (Å²) in [5.41, 5.74) is 0.744. The van der Waals surface area contributed by atoms with Crippen LogP contribution in [0.25, 0.3) is 10.8 Å². The van der Waals surface area contributed by atoms with Crippen molar-refractivity contribution in [3.05, 3.63) is 48.0 Å². The molecule has 0 unspecified atom stereocenters. The average molecular weight is 183 g/mol. The van der Waals surface area contributed by atoms with Gasteiger partial charge in [-0.25, -0.2) is 0 Å². The third-order valence-electron chi connectivity index (χ3n) is 1.91. The number of benzene rings is 2. The van der Waals surface area contributed by atoms with Crippen molar-refractivity contribution in [3.8, 4) is 6.07 Å². The zero-order valence-electron chi connectivity index (χ0n) is 7.60. The number of carbonyl (C=O) groups excluding carboxylic acids is 1. The van der Waals surface area contributed by atoms with E-state index in [1.807, 2.05) is 49.3 Å². The molecule has 0 aliphatic rings. The molecule has 0 aliphatic heterocycles. The Kier molecular flexibility index (Phi) is 3.40. The maximum atomic E-state index is 8.79. The zero-order valence-corrected chi connectivity index (χ0v) is 7.60. The van der Waals surface area contributed by atoms with Gasteiger partial charge in [0.15, 0.2) is 0 Å². The van der Waals surface area contributed by atoms with Gasteiger partial charge in [0.05, 0.1) is 11.6 Å². The fourth-order valence-electron chi connectivity index (χ4n) is 1.32. The molecule has 0 amide bonds. The summed E-state index contributed by atoms with van der Waals surface area (Å²) < 4.78 is 0. The summed E-state index contributed by atoms with van der Waals surface area (Å²) in [5, 5.41) is 10.9. The van der Waals surface area contributed by atoms with Crippen LogP contribution in [0.2, 0.25) is 0 Å². The molecule has 0 saturated heterocycles. The maximum absolute atomic E-state index is 8.79. The fourth-order valence-corrected chi connectivity index (χ4v) is 1.32. The number of nitriles is 1.